The highest BCUT2D eigenvalue weighted by Gasteiger charge is 2.32. The number of benzene rings is 1. The highest BCUT2D eigenvalue weighted by molar-refractivity contribution is 6.27. The van der Waals surface area contributed by atoms with Gasteiger partial charge in [-0.15, -0.1) is 0 Å². The summed E-state index contributed by atoms with van der Waals surface area (Å²) in [4.78, 5) is 36.1. The Bertz CT molecular complexity index is 829. The zero-order valence-electron chi connectivity index (χ0n) is 10.8. The lowest BCUT2D eigenvalue weighted by Gasteiger charge is -2.11. The van der Waals surface area contributed by atoms with E-state index < -0.39 is 0 Å². The molecule has 3 aromatic rings. The van der Waals surface area contributed by atoms with Gasteiger partial charge in [0.1, 0.15) is 17.2 Å². The first-order chi connectivity index (χ1) is 10.3. The van der Waals surface area contributed by atoms with Crippen molar-refractivity contribution in [1.82, 2.24) is 15.0 Å². The molecule has 0 atom stereocenters. The van der Waals surface area contributed by atoms with Crippen molar-refractivity contribution < 1.29 is 9.59 Å². The van der Waals surface area contributed by atoms with Gasteiger partial charge in [-0.05, 0) is 12.1 Å². The number of rotatable bonds is 1. The molecule has 2 aromatic heterocycles. The first-order valence-electron chi connectivity index (χ1n) is 6.44. The Morgan fingerprint density at radius 1 is 0.857 bits per heavy atom. The van der Waals surface area contributed by atoms with Gasteiger partial charge in [-0.3, -0.25) is 14.6 Å². The van der Waals surface area contributed by atoms with Crippen LogP contribution in [0.4, 0.5) is 0 Å². The van der Waals surface area contributed by atoms with Gasteiger partial charge in [0.05, 0.1) is 0 Å². The Morgan fingerprint density at radius 2 is 1.52 bits per heavy atom. The Labute approximate surface area is 119 Å². The number of carbonyl (C=O) groups is 2. The molecule has 0 amide bonds. The van der Waals surface area contributed by atoms with E-state index in [1.807, 2.05) is 0 Å². The van der Waals surface area contributed by atoms with Crippen molar-refractivity contribution in [2.45, 2.75) is 0 Å². The normalized spacial score (nSPS) is 13.0. The Hall–Kier alpha value is -3.08. The predicted octanol–water partition coefficient (Wildman–Crippen LogP) is 2.25. The molecule has 0 spiro atoms. The Kier molecular flexibility index (Phi) is 2.35. The maximum Gasteiger partial charge on any atom is 0.214 e. The van der Waals surface area contributed by atoms with E-state index in [-0.39, 0.29) is 23.0 Å². The van der Waals surface area contributed by atoms with Crippen molar-refractivity contribution in [1.29, 1.82) is 0 Å². The summed E-state index contributed by atoms with van der Waals surface area (Å²) in [6.45, 7) is 0. The largest absolute Gasteiger partial charge is 0.335 e. The molecule has 1 aromatic carbocycles. The first-order valence-corrected chi connectivity index (χ1v) is 6.44. The third-order valence-corrected chi connectivity index (χ3v) is 3.52. The SMILES string of the molecule is O=C1c2ccccc2C(=O)c2[nH]c(-c3ccncc3)nc21. The lowest BCUT2D eigenvalue weighted by atomic mass is 9.90. The quantitative estimate of drug-likeness (QED) is 0.578. The fourth-order valence-electron chi connectivity index (χ4n) is 2.49. The second-order valence-electron chi connectivity index (χ2n) is 4.75. The fourth-order valence-corrected chi connectivity index (χ4v) is 2.49. The maximum absolute atomic E-state index is 12.5. The summed E-state index contributed by atoms with van der Waals surface area (Å²) in [5.74, 6) is 0.0710. The van der Waals surface area contributed by atoms with Crippen LogP contribution in [-0.4, -0.2) is 26.5 Å². The number of fused-ring (bicyclic) bond motifs is 2. The third-order valence-electron chi connectivity index (χ3n) is 3.52. The topological polar surface area (TPSA) is 75.7 Å². The molecule has 100 valence electrons. The van der Waals surface area contributed by atoms with Gasteiger partial charge in [0.25, 0.3) is 0 Å². The molecule has 0 saturated carbocycles. The molecule has 0 aliphatic heterocycles. The number of hydrogen-bond acceptors (Lipinski definition) is 4. The molecule has 0 fully saturated rings. The summed E-state index contributed by atoms with van der Waals surface area (Å²) in [6.07, 6.45) is 3.27. The third kappa shape index (κ3) is 1.64. The number of pyridine rings is 1. The van der Waals surface area contributed by atoms with E-state index in [4.69, 9.17) is 0 Å². The van der Waals surface area contributed by atoms with Crippen LogP contribution in [0.5, 0.6) is 0 Å². The van der Waals surface area contributed by atoms with Gasteiger partial charge in [-0.2, -0.15) is 0 Å². The number of H-pyrrole nitrogens is 1. The zero-order valence-corrected chi connectivity index (χ0v) is 10.8. The Balaban J connectivity index is 1.92. The van der Waals surface area contributed by atoms with Gasteiger partial charge in [0.2, 0.25) is 11.6 Å². The smallest absolute Gasteiger partial charge is 0.214 e. The number of nitrogens with one attached hydrogen (secondary N) is 1. The molecule has 1 aliphatic rings. The predicted molar refractivity (Wildman–Crippen MR) is 75.1 cm³/mol. The minimum atomic E-state index is -0.225. The van der Waals surface area contributed by atoms with Crippen molar-refractivity contribution in [3.8, 4) is 11.4 Å². The lowest BCUT2D eigenvalue weighted by molar-refractivity contribution is 0.0974. The van der Waals surface area contributed by atoms with E-state index in [2.05, 4.69) is 15.0 Å². The van der Waals surface area contributed by atoms with Gasteiger partial charge in [0.15, 0.2) is 0 Å². The van der Waals surface area contributed by atoms with Crippen molar-refractivity contribution in [2.24, 2.45) is 0 Å². The Morgan fingerprint density at radius 3 is 2.24 bits per heavy atom. The fraction of sp³-hybridized carbons (Fsp3) is 0. The van der Waals surface area contributed by atoms with Crippen LogP contribution in [0.1, 0.15) is 32.1 Å². The van der Waals surface area contributed by atoms with Gasteiger partial charge in [0, 0.05) is 29.1 Å². The van der Waals surface area contributed by atoms with Crippen molar-refractivity contribution >= 4 is 11.6 Å². The van der Waals surface area contributed by atoms with Crippen LogP contribution < -0.4 is 0 Å². The highest BCUT2D eigenvalue weighted by Crippen LogP contribution is 2.28. The second-order valence-corrected chi connectivity index (χ2v) is 4.75. The zero-order chi connectivity index (χ0) is 14.4. The van der Waals surface area contributed by atoms with Crippen LogP contribution in [0.2, 0.25) is 0 Å². The molecular weight excluding hydrogens is 266 g/mol. The average molecular weight is 275 g/mol. The molecule has 2 heterocycles. The summed E-state index contributed by atoms with van der Waals surface area (Å²) in [5, 5.41) is 0. The summed E-state index contributed by atoms with van der Waals surface area (Å²) >= 11 is 0. The van der Waals surface area contributed by atoms with E-state index in [1.165, 1.54) is 0 Å². The van der Waals surface area contributed by atoms with Crippen LogP contribution in [0, 0.1) is 0 Å². The van der Waals surface area contributed by atoms with Gasteiger partial charge < -0.3 is 4.98 Å². The number of aromatic nitrogens is 3. The number of hydrogen-bond donors (Lipinski definition) is 1. The summed E-state index contributed by atoms with van der Waals surface area (Å²) in [5.41, 5.74) is 2.04. The lowest BCUT2D eigenvalue weighted by Crippen LogP contribution is -2.20. The number of aromatic amines is 1. The van der Waals surface area contributed by atoms with Crippen LogP contribution >= 0.6 is 0 Å². The summed E-state index contributed by atoms with van der Waals surface area (Å²) < 4.78 is 0. The van der Waals surface area contributed by atoms with Crippen LogP contribution in [0.3, 0.4) is 0 Å². The van der Waals surface area contributed by atoms with E-state index in [1.54, 1.807) is 48.8 Å². The van der Waals surface area contributed by atoms with E-state index >= 15 is 0 Å². The molecule has 5 heteroatoms. The highest BCUT2D eigenvalue weighted by atomic mass is 16.1. The number of ketones is 2. The van der Waals surface area contributed by atoms with Gasteiger partial charge in [-0.1, -0.05) is 24.3 Å². The van der Waals surface area contributed by atoms with Crippen molar-refractivity contribution in [2.75, 3.05) is 0 Å². The van der Waals surface area contributed by atoms with Crippen LogP contribution in [-0.2, 0) is 0 Å². The van der Waals surface area contributed by atoms with E-state index in [0.717, 1.165) is 5.56 Å². The van der Waals surface area contributed by atoms with Crippen LogP contribution in [0.15, 0.2) is 48.8 Å². The molecule has 4 rings (SSSR count). The summed E-state index contributed by atoms with van der Waals surface area (Å²) in [6, 6.07) is 10.3. The molecule has 0 bridgehead atoms. The maximum atomic E-state index is 12.5. The molecule has 1 N–H and O–H groups in total. The standard InChI is InChI=1S/C16H9N3O2/c20-14-10-3-1-2-4-11(10)15(21)13-12(14)18-16(19-13)9-5-7-17-8-6-9/h1-8H,(H,18,19). The monoisotopic (exact) mass is 275 g/mol. The van der Waals surface area contributed by atoms with Crippen molar-refractivity contribution in [3.63, 3.8) is 0 Å². The molecule has 0 saturated heterocycles. The van der Waals surface area contributed by atoms with Gasteiger partial charge in [-0.25, -0.2) is 4.98 Å². The average Bonchev–Trinajstić information content (AvgIpc) is 2.99. The molecule has 0 unspecified atom stereocenters. The number of imidazole rings is 1. The molecular formula is C16H9N3O2. The molecule has 1 aliphatic carbocycles. The molecule has 21 heavy (non-hydrogen) atoms. The minimum absolute atomic E-state index is 0.186. The number of carbonyl (C=O) groups excluding carboxylic acids is 2. The molecule has 0 radical (unpaired) electrons. The summed E-state index contributed by atoms with van der Waals surface area (Å²) in [7, 11) is 0. The van der Waals surface area contributed by atoms with Crippen molar-refractivity contribution in [3.05, 3.63) is 71.3 Å². The van der Waals surface area contributed by atoms with E-state index in [9.17, 15) is 9.59 Å². The van der Waals surface area contributed by atoms with E-state index in [0.29, 0.717) is 17.0 Å². The first kappa shape index (κ1) is 11.7. The second kappa shape index (κ2) is 4.21. The number of nitrogens with zero attached hydrogens (tertiary/aromatic N) is 2. The van der Waals surface area contributed by atoms with Gasteiger partial charge >= 0.3 is 0 Å². The van der Waals surface area contributed by atoms with Crippen LogP contribution in [0.25, 0.3) is 11.4 Å². The molecule has 5 nitrogen and oxygen atoms in total. The minimum Gasteiger partial charge on any atom is -0.335 e.